The van der Waals surface area contributed by atoms with Crippen molar-refractivity contribution in [3.63, 3.8) is 0 Å². The van der Waals surface area contributed by atoms with Crippen LogP contribution in [0.25, 0.3) is 42.1 Å². The molecule has 0 unspecified atom stereocenters. The van der Waals surface area contributed by atoms with E-state index >= 15 is 0 Å². The number of H-pyrrole nitrogens is 1. The number of hydrogen-bond donors (Lipinski definition) is 4. The van der Waals surface area contributed by atoms with Crippen LogP contribution >= 0.6 is 56.0 Å². The fraction of sp³-hybridized carbons (Fsp3) is 0.178. The molecule has 8 aromatic carbocycles. The number of pyridine rings is 2. The van der Waals surface area contributed by atoms with Gasteiger partial charge in [-0.25, -0.2) is 13.1 Å². The van der Waals surface area contributed by atoms with E-state index in [1.807, 2.05) is 185 Å². The van der Waals surface area contributed by atoms with E-state index < -0.39 is 43.8 Å². The molecule has 1 amide bonds. The predicted octanol–water partition coefficient (Wildman–Crippen LogP) is 18.6. The van der Waals surface area contributed by atoms with Crippen molar-refractivity contribution in [2.75, 3.05) is 51.6 Å². The number of amides is 1. The van der Waals surface area contributed by atoms with Crippen molar-refractivity contribution in [3.8, 4) is 72.0 Å². The zero-order valence-electron chi connectivity index (χ0n) is 77.5. The topological polar surface area (TPSA) is 410 Å². The summed E-state index contributed by atoms with van der Waals surface area (Å²) in [4.78, 5) is 90.1. The Hall–Kier alpha value is -8.57. The molecule has 0 bridgehead atoms. The van der Waals surface area contributed by atoms with Gasteiger partial charge < -0.3 is 20.3 Å². The molecular formula is C101H99Cl3KN4O26P3SSe6. The number of nitrogens with zero attached hydrogens (tertiary/aromatic N) is 1. The van der Waals surface area contributed by atoms with Gasteiger partial charge in [0.25, 0.3) is 0 Å². The Bertz CT molecular complexity index is 6890. The molecule has 4 aliphatic heterocycles. The number of carboxylic acids is 1. The number of nitrogen functional groups attached to an aromatic ring is 1. The van der Waals surface area contributed by atoms with Crippen molar-refractivity contribution in [2.24, 2.45) is 0 Å². The van der Waals surface area contributed by atoms with Crippen LogP contribution in [0, 0.1) is 0 Å². The second-order valence-electron chi connectivity index (χ2n) is 30.5. The third kappa shape index (κ3) is 41.0. The number of anilines is 2. The molecule has 145 heavy (non-hydrogen) atoms. The van der Waals surface area contributed by atoms with Gasteiger partial charge in [-0.3, -0.25) is 18.4 Å². The second-order valence-corrected chi connectivity index (χ2v) is 51.2. The number of carbonyl (C=O) groups is 5. The molecule has 16 aromatic rings. The SMILES string of the molecule is C.C.CC(=O)c1cc2c(cc1N)OCO2.CC(=O)c1cc2c(cc1NC(=O)c1ccc[se]1)OCO2.CC(C)(C)[O-].CP(C)(=O)OP(=O)(OCc1ccccc1)OCc1ccccc1.O=C(Cl)c1ccc[se]1.O=C(O)c1ccc[se]1.O=P(OCc1ccccc1)(OCc1ccccc1)Oc1cc(-c2ccc[se]2)nc2cc3c(cc12)OCO3.O=S(Cl)Cl.O=c1cc(-c2ccc[se]2)[nH]c2cc3c(cc12)OCO3.[K+].c1cc[se]c1. The van der Waals surface area contributed by atoms with E-state index in [2.05, 4.69) is 63.6 Å². The Labute approximate surface area is 933 Å². The van der Waals surface area contributed by atoms with Gasteiger partial charge in [0.15, 0.2) is 17.3 Å². The first-order chi connectivity index (χ1) is 68.0. The standard InChI is InChI=1S/C28H22NO6PSe.C16H20O5P2.C14H11NO4Se.C14H9NO3Se.C9H9NO3.C5H3ClOSe.C5H4O2Se.C4H9O.C4H4Se.2CH4.Cl2OS.K/c30-36(33-17-20-8-3-1-4-9-20,34-18-21-10-5-2-6-11-21)35-25-16-24(28-12-7-13-37-28)29-23-15-27-26(14-22(23)25)31-19-32-27;1-22(2,17)21-23(18,19-13-15-9-5-3-6-10-15)20-14-16-11-7-4-8-12-16;1-8(16)9-5-11-12(19-7-18-11)6-10(9)15-14(17)13-3-2-4-20-13;16-11-5-10(14-2-1-3-19-14)15-9-6-13-12(4-8(9)11)17-7-18-13;1-5(11)6-2-8-9(3-7(6)10)13-4-12-8;2*6-5(7)4-2-1-3-8-4;1-4(2,3)5;1-2-4-5-3-1;;;1-4(2)3;/h1-16H,17-19H2;3-12H,13-14H2,1-2H3;2-6H,7H2,1H3,(H,15,17);1-6H,7H2,(H,15,16);2-3H,4,10H2,1H3;1-3H;1-3H,(H,6,7);1-3H3;1-4H;2*1H4;;/q;;;;;;;-1;;;;;+1. The number of Topliss-reactive ketones (excluding diaryl/α,β-unsaturated/α-hetero) is 2. The van der Waals surface area contributed by atoms with Crippen molar-refractivity contribution >= 4 is 214 Å². The first-order valence-corrected chi connectivity index (χ1v) is 61.9. The number of benzene rings is 8. The maximum atomic E-state index is 14.1. The predicted molar refractivity (Wildman–Crippen MR) is 566 cm³/mol. The van der Waals surface area contributed by atoms with Gasteiger partial charge >= 0.3 is 660 Å². The Balaban J connectivity index is 0.000000210. The molecule has 0 atom stereocenters. The van der Waals surface area contributed by atoms with Crippen LogP contribution in [-0.4, -0.2) is 181 Å². The molecule has 4 aliphatic rings. The van der Waals surface area contributed by atoms with E-state index in [0.717, 1.165) is 52.5 Å². The summed E-state index contributed by atoms with van der Waals surface area (Å²) in [6.45, 7) is 11.4. The van der Waals surface area contributed by atoms with E-state index in [4.69, 9.17) is 96.5 Å². The summed E-state index contributed by atoms with van der Waals surface area (Å²) in [5, 5.41) is 22.1. The van der Waals surface area contributed by atoms with Gasteiger partial charge in [0.1, 0.15) is 0 Å². The number of nitrogens with one attached hydrogen (secondary N) is 2. The number of ketones is 2. The molecule has 12 heterocycles. The normalized spacial score (nSPS) is 11.7. The molecule has 20 rings (SSSR count). The average molecular weight is 2530 g/mol. The number of rotatable bonds is 24. The number of aromatic nitrogens is 2. The van der Waals surface area contributed by atoms with Gasteiger partial charge in [-0.2, -0.15) is 0 Å². The molecule has 0 saturated carbocycles. The van der Waals surface area contributed by atoms with Crippen LogP contribution in [0.4, 0.5) is 11.4 Å². The third-order valence-electron chi connectivity index (χ3n) is 18.3. The number of halogens is 3. The van der Waals surface area contributed by atoms with Crippen LogP contribution in [0.2, 0.25) is 0 Å². The quantitative estimate of drug-likeness (QED) is 0.0143. The van der Waals surface area contributed by atoms with Gasteiger partial charge in [-0.05, 0) is 24.1 Å². The van der Waals surface area contributed by atoms with Crippen molar-refractivity contribution in [1.29, 1.82) is 0 Å². The number of aromatic carboxylic acids is 1. The summed E-state index contributed by atoms with van der Waals surface area (Å²) in [6.07, 6.45) is 0. The van der Waals surface area contributed by atoms with Gasteiger partial charge in [0, 0.05) is 52.0 Å². The van der Waals surface area contributed by atoms with Gasteiger partial charge in [-0.15, -0.1) is 5.60 Å². The number of hydrogen-bond acceptors (Lipinski definition) is 27. The van der Waals surface area contributed by atoms with Crippen molar-refractivity contribution in [3.05, 3.63) is 346 Å². The first-order valence-electron chi connectivity index (χ1n) is 42.1. The van der Waals surface area contributed by atoms with Gasteiger partial charge in [0.05, 0.1) is 13.2 Å². The zero-order chi connectivity index (χ0) is 102. The summed E-state index contributed by atoms with van der Waals surface area (Å²) in [7, 11) is -3.70. The number of ether oxygens (including phenoxy) is 8. The Morgan fingerprint density at radius 3 is 1.26 bits per heavy atom. The summed E-state index contributed by atoms with van der Waals surface area (Å²) in [6, 6.07) is 77.5. The summed E-state index contributed by atoms with van der Waals surface area (Å²) in [5.74, 6) is 3.91. The minimum atomic E-state index is -4.08. The fourth-order valence-electron chi connectivity index (χ4n) is 12.1. The Morgan fingerprint density at radius 2 is 0.869 bits per heavy atom. The number of fused-ring (bicyclic) bond motifs is 6. The van der Waals surface area contributed by atoms with Crippen molar-refractivity contribution < 1.29 is 168 Å². The Kier molecular flexibility index (Phi) is 51.1. The molecule has 30 nitrogen and oxygen atoms in total. The van der Waals surface area contributed by atoms with Gasteiger partial charge in [-0.1, -0.05) is 96.3 Å². The van der Waals surface area contributed by atoms with Crippen LogP contribution in [0.5, 0.6) is 51.7 Å². The van der Waals surface area contributed by atoms with E-state index in [9.17, 15) is 47.6 Å². The van der Waals surface area contributed by atoms with Crippen molar-refractivity contribution in [1.82, 2.24) is 9.97 Å². The second kappa shape index (κ2) is 60.9. The van der Waals surface area contributed by atoms with Gasteiger partial charge in [0.2, 0.25) is 23.4 Å². The monoisotopic (exact) mass is 2530 g/mol. The maximum absolute atomic E-state index is 14.1. The molecule has 44 heteroatoms. The molecule has 5 N–H and O–H groups in total. The van der Waals surface area contributed by atoms with Crippen LogP contribution in [0.3, 0.4) is 0 Å². The molecule has 0 fully saturated rings. The number of aromatic amines is 1. The molecule has 0 spiro atoms. The number of carboxylic acid groups (broad SMARTS) is 1. The first kappa shape index (κ1) is 122. The Morgan fingerprint density at radius 1 is 0.490 bits per heavy atom. The molecule has 8 aromatic heterocycles. The number of phosphoric ester groups is 2. The number of nitrogens with two attached hydrogens (primary N) is 1. The van der Waals surface area contributed by atoms with Crippen LogP contribution in [0.1, 0.15) is 120 Å². The van der Waals surface area contributed by atoms with E-state index in [1.165, 1.54) is 31.6 Å². The average Bonchev–Trinajstić information content (AvgIpc) is 1.72. The van der Waals surface area contributed by atoms with Crippen LogP contribution in [-0.2, 0) is 71.8 Å². The molecule has 0 aliphatic carbocycles. The molecule has 0 radical (unpaired) electrons. The van der Waals surface area contributed by atoms with Crippen molar-refractivity contribution in [2.45, 2.75) is 81.5 Å². The van der Waals surface area contributed by atoms with E-state index in [0.29, 0.717) is 124 Å². The fourth-order valence-corrected chi connectivity index (χ4v) is 24.0. The minimum absolute atomic E-state index is 0. The molecule has 0 saturated heterocycles. The summed E-state index contributed by atoms with van der Waals surface area (Å²) < 4.78 is 128. The van der Waals surface area contributed by atoms with Crippen LogP contribution in [0.15, 0.2) is 294 Å². The molecular weight excluding hydrogens is 2430 g/mol. The zero-order valence-corrected chi connectivity index (χ0v) is 96.6. The number of carbonyl (C=O) groups excluding carboxylic acids is 4. The van der Waals surface area contributed by atoms with E-state index in [1.54, 1.807) is 93.6 Å². The molecule has 758 valence electrons. The summed E-state index contributed by atoms with van der Waals surface area (Å²) >= 11 is 6.65. The summed E-state index contributed by atoms with van der Waals surface area (Å²) in [5.41, 5.74) is 13.1. The third-order valence-corrected chi connectivity index (χ3v) is 33.8. The number of phosphoric acid groups is 2. The van der Waals surface area contributed by atoms with E-state index in [-0.39, 0.29) is 206 Å². The van der Waals surface area contributed by atoms with Crippen LogP contribution < -0.4 is 115 Å².